The second-order valence-electron chi connectivity index (χ2n) is 5.85. The molecule has 0 saturated carbocycles. The van der Waals surface area contributed by atoms with Crippen LogP contribution in [0.3, 0.4) is 0 Å². The first-order valence-electron chi connectivity index (χ1n) is 7.59. The summed E-state index contributed by atoms with van der Waals surface area (Å²) in [6, 6.07) is 7.31. The number of likely N-dealkylation sites (tertiary alicyclic amines) is 1. The maximum absolute atomic E-state index is 12.0. The number of piperidine rings is 1. The van der Waals surface area contributed by atoms with Gasteiger partial charge in [-0.2, -0.15) is 0 Å². The lowest BCUT2D eigenvalue weighted by Crippen LogP contribution is -2.38. The Balaban J connectivity index is 1.73. The summed E-state index contributed by atoms with van der Waals surface area (Å²) in [7, 11) is 0. The highest BCUT2D eigenvalue weighted by Gasteiger charge is 2.20. The van der Waals surface area contributed by atoms with Crippen LogP contribution in [0.4, 0.5) is 0 Å². The van der Waals surface area contributed by atoms with Crippen molar-refractivity contribution in [3.63, 3.8) is 0 Å². The molecule has 0 N–H and O–H groups in total. The fourth-order valence-corrected chi connectivity index (χ4v) is 2.41. The van der Waals surface area contributed by atoms with E-state index in [0.717, 1.165) is 31.5 Å². The topological polar surface area (TPSA) is 46.6 Å². The van der Waals surface area contributed by atoms with Crippen LogP contribution in [0.1, 0.15) is 38.2 Å². The molecule has 1 amide bonds. The second kappa shape index (κ2) is 7.25. The summed E-state index contributed by atoms with van der Waals surface area (Å²) in [5.41, 5.74) is 1.12. The monoisotopic (exact) mass is 289 g/mol. The van der Waals surface area contributed by atoms with Gasteiger partial charge < -0.3 is 9.64 Å². The fraction of sp³-hybridized carbons (Fsp3) is 0.529. The number of rotatable bonds is 4. The number of benzene rings is 1. The van der Waals surface area contributed by atoms with Gasteiger partial charge in [-0.3, -0.25) is 9.59 Å². The molecular formula is C17H23NO3. The molecule has 0 bridgehead atoms. The Hall–Kier alpha value is -1.84. The minimum atomic E-state index is -0.349. The molecule has 0 radical (unpaired) electrons. The van der Waals surface area contributed by atoms with Crippen LogP contribution in [0.2, 0.25) is 0 Å². The normalized spacial score (nSPS) is 15.8. The van der Waals surface area contributed by atoms with Crippen LogP contribution in [0.15, 0.2) is 24.3 Å². The third kappa shape index (κ3) is 4.88. The SMILES string of the molecule is Cc1ccc(OC(=O)CCC(=O)N2CCC(C)CC2)cc1. The Morgan fingerprint density at radius 1 is 1.14 bits per heavy atom. The Labute approximate surface area is 126 Å². The molecule has 1 aliphatic rings. The van der Waals surface area contributed by atoms with E-state index in [0.29, 0.717) is 11.7 Å². The molecule has 21 heavy (non-hydrogen) atoms. The van der Waals surface area contributed by atoms with Gasteiger partial charge in [-0.25, -0.2) is 0 Å². The average Bonchev–Trinajstić information content (AvgIpc) is 2.48. The number of nitrogens with zero attached hydrogens (tertiary/aromatic N) is 1. The molecule has 4 nitrogen and oxygen atoms in total. The Morgan fingerprint density at radius 2 is 1.76 bits per heavy atom. The minimum Gasteiger partial charge on any atom is -0.427 e. The fourth-order valence-electron chi connectivity index (χ4n) is 2.41. The molecule has 0 aromatic heterocycles. The van der Waals surface area contributed by atoms with Crippen molar-refractivity contribution in [2.45, 2.75) is 39.5 Å². The number of hydrogen-bond donors (Lipinski definition) is 0. The number of esters is 1. The van der Waals surface area contributed by atoms with E-state index in [1.54, 1.807) is 12.1 Å². The summed E-state index contributed by atoms with van der Waals surface area (Å²) in [6.45, 7) is 5.81. The van der Waals surface area contributed by atoms with Gasteiger partial charge in [0.15, 0.2) is 0 Å². The molecule has 1 heterocycles. The van der Waals surface area contributed by atoms with E-state index in [4.69, 9.17) is 4.74 Å². The summed E-state index contributed by atoms with van der Waals surface area (Å²) in [5, 5.41) is 0. The van der Waals surface area contributed by atoms with Crippen LogP contribution in [0.5, 0.6) is 5.75 Å². The van der Waals surface area contributed by atoms with Gasteiger partial charge in [0.2, 0.25) is 5.91 Å². The molecule has 0 aliphatic carbocycles. The molecule has 1 fully saturated rings. The number of ether oxygens (including phenoxy) is 1. The van der Waals surface area contributed by atoms with Crippen molar-refractivity contribution in [1.29, 1.82) is 0 Å². The number of aryl methyl sites for hydroxylation is 1. The van der Waals surface area contributed by atoms with E-state index >= 15 is 0 Å². The quantitative estimate of drug-likeness (QED) is 0.632. The van der Waals surface area contributed by atoms with Crippen molar-refractivity contribution < 1.29 is 14.3 Å². The largest absolute Gasteiger partial charge is 0.427 e. The summed E-state index contributed by atoms with van der Waals surface area (Å²) in [6.07, 6.45) is 2.48. The van der Waals surface area contributed by atoms with Crippen LogP contribution in [0.25, 0.3) is 0 Å². The first-order chi connectivity index (χ1) is 10.0. The summed E-state index contributed by atoms with van der Waals surface area (Å²) >= 11 is 0. The first-order valence-corrected chi connectivity index (χ1v) is 7.59. The van der Waals surface area contributed by atoms with Crippen LogP contribution in [-0.4, -0.2) is 29.9 Å². The Morgan fingerprint density at radius 3 is 2.38 bits per heavy atom. The number of carbonyl (C=O) groups is 2. The van der Waals surface area contributed by atoms with E-state index in [9.17, 15) is 9.59 Å². The Bertz CT molecular complexity index is 487. The summed E-state index contributed by atoms with van der Waals surface area (Å²) in [5.74, 6) is 0.936. The molecule has 0 unspecified atom stereocenters. The highest BCUT2D eigenvalue weighted by atomic mass is 16.5. The predicted octanol–water partition coefficient (Wildman–Crippen LogP) is 2.94. The van der Waals surface area contributed by atoms with Gasteiger partial charge in [0.05, 0.1) is 6.42 Å². The van der Waals surface area contributed by atoms with Gasteiger partial charge in [-0.05, 0) is 37.8 Å². The van der Waals surface area contributed by atoms with Crippen LogP contribution < -0.4 is 4.74 Å². The maximum Gasteiger partial charge on any atom is 0.311 e. The van der Waals surface area contributed by atoms with E-state index in [1.165, 1.54) is 0 Å². The van der Waals surface area contributed by atoms with Gasteiger partial charge >= 0.3 is 5.97 Å². The van der Waals surface area contributed by atoms with Crippen molar-refractivity contribution in [3.05, 3.63) is 29.8 Å². The van der Waals surface area contributed by atoms with Crippen molar-refractivity contribution in [2.75, 3.05) is 13.1 Å². The highest BCUT2D eigenvalue weighted by molar-refractivity contribution is 5.82. The van der Waals surface area contributed by atoms with Crippen LogP contribution >= 0.6 is 0 Å². The summed E-state index contributed by atoms with van der Waals surface area (Å²) in [4.78, 5) is 25.6. The van der Waals surface area contributed by atoms with Crippen molar-refractivity contribution >= 4 is 11.9 Å². The predicted molar refractivity (Wildman–Crippen MR) is 81.0 cm³/mol. The van der Waals surface area contributed by atoms with Gasteiger partial charge in [-0.15, -0.1) is 0 Å². The number of carbonyl (C=O) groups excluding carboxylic acids is 2. The van der Waals surface area contributed by atoms with Gasteiger partial charge in [0.25, 0.3) is 0 Å². The van der Waals surface area contributed by atoms with E-state index in [2.05, 4.69) is 6.92 Å². The molecule has 0 spiro atoms. The lowest BCUT2D eigenvalue weighted by atomic mass is 9.99. The molecule has 4 heteroatoms. The van der Waals surface area contributed by atoms with Crippen LogP contribution in [0, 0.1) is 12.8 Å². The van der Waals surface area contributed by atoms with Crippen molar-refractivity contribution in [3.8, 4) is 5.75 Å². The van der Waals surface area contributed by atoms with E-state index in [-0.39, 0.29) is 24.7 Å². The molecule has 1 aliphatic heterocycles. The van der Waals surface area contributed by atoms with E-state index < -0.39 is 0 Å². The molecule has 2 rings (SSSR count). The third-order valence-electron chi connectivity index (χ3n) is 3.93. The zero-order valence-corrected chi connectivity index (χ0v) is 12.8. The lowest BCUT2D eigenvalue weighted by Gasteiger charge is -2.30. The minimum absolute atomic E-state index is 0.0581. The molecule has 1 saturated heterocycles. The second-order valence-corrected chi connectivity index (χ2v) is 5.85. The van der Waals surface area contributed by atoms with Gasteiger partial charge in [-0.1, -0.05) is 24.6 Å². The molecule has 1 aromatic rings. The highest BCUT2D eigenvalue weighted by Crippen LogP contribution is 2.17. The lowest BCUT2D eigenvalue weighted by molar-refractivity contribution is -0.139. The maximum atomic E-state index is 12.0. The zero-order chi connectivity index (χ0) is 15.2. The Kier molecular flexibility index (Phi) is 5.37. The van der Waals surface area contributed by atoms with Crippen molar-refractivity contribution in [1.82, 2.24) is 4.90 Å². The average molecular weight is 289 g/mol. The summed E-state index contributed by atoms with van der Waals surface area (Å²) < 4.78 is 5.21. The van der Waals surface area contributed by atoms with Crippen molar-refractivity contribution in [2.24, 2.45) is 5.92 Å². The smallest absolute Gasteiger partial charge is 0.311 e. The molecular weight excluding hydrogens is 266 g/mol. The van der Waals surface area contributed by atoms with Gasteiger partial charge in [0.1, 0.15) is 5.75 Å². The first kappa shape index (κ1) is 15.5. The van der Waals surface area contributed by atoms with Gasteiger partial charge in [0, 0.05) is 19.5 Å². The number of hydrogen-bond acceptors (Lipinski definition) is 3. The van der Waals surface area contributed by atoms with E-state index in [1.807, 2.05) is 24.0 Å². The number of amides is 1. The zero-order valence-electron chi connectivity index (χ0n) is 12.8. The molecule has 1 aromatic carbocycles. The van der Waals surface area contributed by atoms with Crippen LogP contribution in [-0.2, 0) is 9.59 Å². The standard InChI is InChI=1S/C17H23NO3/c1-13-3-5-15(6-4-13)21-17(20)8-7-16(19)18-11-9-14(2)10-12-18/h3-6,14H,7-12H2,1-2H3. The molecule has 114 valence electrons. The molecule has 0 atom stereocenters. The third-order valence-corrected chi connectivity index (χ3v) is 3.93.